The molecule has 3 saturated carbocycles. The SMILES string of the molecule is CC[Si](CC)(CC)OC[C@]12CCC(=O)C=C1C(C)C[C@@H]1[C@H]2CC[C@]2(C)C(=O)CC[C@@H]12. The van der Waals surface area contributed by atoms with Gasteiger partial charge in [-0.2, -0.15) is 0 Å². The Morgan fingerprint density at radius 3 is 2.40 bits per heavy atom. The van der Waals surface area contributed by atoms with Gasteiger partial charge in [0.1, 0.15) is 5.78 Å². The lowest BCUT2D eigenvalue weighted by Gasteiger charge is -2.60. The molecule has 4 aliphatic carbocycles. The monoisotopic (exact) mass is 430 g/mol. The van der Waals surface area contributed by atoms with E-state index in [4.69, 9.17) is 4.43 Å². The smallest absolute Gasteiger partial charge is 0.192 e. The van der Waals surface area contributed by atoms with Crippen LogP contribution in [0.3, 0.4) is 0 Å². The molecule has 4 aliphatic rings. The molecule has 3 fully saturated rings. The Labute approximate surface area is 184 Å². The fourth-order valence-electron chi connectivity index (χ4n) is 8.12. The van der Waals surface area contributed by atoms with E-state index < -0.39 is 8.32 Å². The number of rotatable bonds is 6. The molecule has 0 heterocycles. The summed E-state index contributed by atoms with van der Waals surface area (Å²) in [5.41, 5.74) is 1.34. The second kappa shape index (κ2) is 7.99. The van der Waals surface area contributed by atoms with E-state index in [-0.39, 0.29) is 10.8 Å². The summed E-state index contributed by atoms with van der Waals surface area (Å²) in [6, 6.07) is 3.52. The zero-order chi connectivity index (χ0) is 21.7. The quantitative estimate of drug-likeness (QED) is 0.462. The molecule has 6 atom stereocenters. The van der Waals surface area contributed by atoms with Gasteiger partial charge < -0.3 is 4.43 Å². The van der Waals surface area contributed by atoms with Crippen molar-refractivity contribution in [3.63, 3.8) is 0 Å². The van der Waals surface area contributed by atoms with Crippen LogP contribution in [0.15, 0.2) is 11.6 Å². The summed E-state index contributed by atoms with van der Waals surface area (Å²) in [4.78, 5) is 25.2. The van der Waals surface area contributed by atoms with Gasteiger partial charge in [0, 0.05) is 30.3 Å². The minimum Gasteiger partial charge on any atom is -0.416 e. The molecule has 0 spiro atoms. The predicted octanol–water partition coefficient (Wildman–Crippen LogP) is 6.34. The van der Waals surface area contributed by atoms with Crippen molar-refractivity contribution < 1.29 is 14.0 Å². The van der Waals surface area contributed by atoms with Crippen LogP contribution in [0.4, 0.5) is 0 Å². The van der Waals surface area contributed by atoms with E-state index in [1.807, 2.05) is 6.08 Å². The Kier molecular flexibility index (Phi) is 5.98. The average Bonchev–Trinajstić information content (AvgIpc) is 3.05. The Morgan fingerprint density at radius 2 is 1.73 bits per heavy atom. The minimum absolute atomic E-state index is 0.0287. The number of ketones is 2. The lowest BCUT2D eigenvalue weighted by molar-refractivity contribution is -0.134. The Balaban J connectivity index is 1.72. The van der Waals surface area contributed by atoms with Gasteiger partial charge in [0.2, 0.25) is 0 Å². The van der Waals surface area contributed by atoms with Gasteiger partial charge in [-0.25, -0.2) is 0 Å². The number of Topliss-reactive ketones (excluding diaryl/α,β-unsaturated/α-hetero) is 1. The molecule has 0 amide bonds. The molecule has 0 bridgehead atoms. The maximum Gasteiger partial charge on any atom is 0.192 e. The third-order valence-corrected chi connectivity index (χ3v) is 14.9. The molecule has 0 aromatic heterocycles. The second-order valence-electron chi connectivity index (χ2n) is 11.2. The lowest BCUT2D eigenvalue weighted by Crippen LogP contribution is -2.56. The first-order valence-electron chi connectivity index (χ1n) is 12.7. The molecular formula is C26H42O3Si. The van der Waals surface area contributed by atoms with Gasteiger partial charge in [-0.15, -0.1) is 0 Å². The maximum atomic E-state index is 12.8. The van der Waals surface area contributed by atoms with Crippen LogP contribution in [-0.4, -0.2) is 26.5 Å². The third kappa shape index (κ3) is 3.23. The van der Waals surface area contributed by atoms with Crippen LogP contribution in [0, 0.1) is 34.5 Å². The molecular weight excluding hydrogens is 388 g/mol. The Bertz CT molecular complexity index is 730. The third-order valence-electron chi connectivity index (χ3n) is 10.3. The highest BCUT2D eigenvalue weighted by atomic mass is 28.4. The second-order valence-corrected chi connectivity index (χ2v) is 16.0. The molecule has 1 unspecified atom stereocenters. The molecule has 4 heteroatoms. The number of carbonyl (C=O) groups excluding carboxylic acids is 2. The van der Waals surface area contributed by atoms with Crippen LogP contribution in [0.5, 0.6) is 0 Å². The van der Waals surface area contributed by atoms with Gasteiger partial charge in [-0.05, 0) is 80.0 Å². The molecule has 0 N–H and O–H groups in total. The van der Waals surface area contributed by atoms with E-state index in [1.54, 1.807) is 0 Å². The largest absolute Gasteiger partial charge is 0.416 e. The molecule has 30 heavy (non-hydrogen) atoms. The molecule has 0 aromatic rings. The average molecular weight is 431 g/mol. The van der Waals surface area contributed by atoms with E-state index in [0.717, 1.165) is 45.1 Å². The van der Waals surface area contributed by atoms with Gasteiger partial charge in [0.25, 0.3) is 0 Å². The fourth-order valence-corrected chi connectivity index (χ4v) is 10.8. The molecule has 0 radical (unpaired) electrons. The highest BCUT2D eigenvalue weighted by Gasteiger charge is 2.61. The summed E-state index contributed by atoms with van der Waals surface area (Å²) in [7, 11) is -1.70. The summed E-state index contributed by atoms with van der Waals surface area (Å²) in [5, 5.41) is 0. The zero-order valence-corrected chi connectivity index (χ0v) is 20.9. The van der Waals surface area contributed by atoms with Crippen molar-refractivity contribution in [2.45, 2.75) is 97.7 Å². The summed E-state index contributed by atoms with van der Waals surface area (Å²) in [6.07, 6.45) is 8.82. The van der Waals surface area contributed by atoms with Gasteiger partial charge in [-0.3, -0.25) is 9.59 Å². The number of hydrogen-bond donors (Lipinski definition) is 0. The van der Waals surface area contributed by atoms with Crippen LogP contribution >= 0.6 is 0 Å². The Morgan fingerprint density at radius 1 is 1.03 bits per heavy atom. The molecule has 0 aliphatic heterocycles. The topological polar surface area (TPSA) is 43.4 Å². The fraction of sp³-hybridized carbons (Fsp3) is 0.846. The first-order valence-corrected chi connectivity index (χ1v) is 15.2. The van der Waals surface area contributed by atoms with Crippen molar-refractivity contribution in [1.29, 1.82) is 0 Å². The molecule has 0 saturated heterocycles. The number of carbonyl (C=O) groups is 2. The lowest BCUT2D eigenvalue weighted by atomic mass is 9.45. The normalized spacial score (nSPS) is 41.2. The van der Waals surface area contributed by atoms with E-state index in [1.165, 1.54) is 23.7 Å². The van der Waals surface area contributed by atoms with Gasteiger partial charge in [0.15, 0.2) is 14.1 Å². The molecule has 0 aromatic carbocycles. The standard InChI is InChI=1S/C26H42O3Si/c1-6-30(7-2,8-3)29-17-26-14-11-19(27)16-23(26)18(4)15-20-21-9-10-24(28)25(21,5)13-12-22(20)26/h16,18,20-22H,6-15,17H2,1-5H3/t18?,20-,21-,22+,25-,26-/m0/s1. The minimum atomic E-state index is -1.70. The van der Waals surface area contributed by atoms with Crippen LogP contribution in [0.1, 0.15) is 79.6 Å². The highest BCUT2D eigenvalue weighted by molar-refractivity contribution is 6.73. The predicted molar refractivity (Wildman–Crippen MR) is 124 cm³/mol. The first-order chi connectivity index (χ1) is 14.2. The summed E-state index contributed by atoms with van der Waals surface area (Å²) >= 11 is 0. The number of hydrogen-bond acceptors (Lipinski definition) is 3. The van der Waals surface area contributed by atoms with Crippen molar-refractivity contribution in [1.82, 2.24) is 0 Å². The van der Waals surface area contributed by atoms with Crippen LogP contribution in [0.25, 0.3) is 0 Å². The van der Waals surface area contributed by atoms with E-state index in [9.17, 15) is 9.59 Å². The molecule has 168 valence electrons. The Hall–Kier alpha value is -0.743. The summed E-state index contributed by atoms with van der Waals surface area (Å²) in [6.45, 7) is 12.3. The van der Waals surface area contributed by atoms with Crippen molar-refractivity contribution in [2.24, 2.45) is 34.5 Å². The van der Waals surface area contributed by atoms with Crippen LogP contribution in [-0.2, 0) is 14.0 Å². The van der Waals surface area contributed by atoms with Crippen LogP contribution < -0.4 is 0 Å². The molecule has 4 rings (SSSR count). The maximum absolute atomic E-state index is 12.8. The highest BCUT2D eigenvalue weighted by Crippen LogP contribution is 2.65. The van der Waals surface area contributed by atoms with Gasteiger partial charge in [0.05, 0.1) is 0 Å². The van der Waals surface area contributed by atoms with E-state index in [2.05, 4.69) is 34.6 Å². The van der Waals surface area contributed by atoms with Crippen LogP contribution in [0.2, 0.25) is 18.1 Å². The van der Waals surface area contributed by atoms with Crippen molar-refractivity contribution in [3.05, 3.63) is 11.6 Å². The number of fused-ring (bicyclic) bond motifs is 5. The van der Waals surface area contributed by atoms with E-state index in [0.29, 0.717) is 41.7 Å². The van der Waals surface area contributed by atoms with E-state index >= 15 is 0 Å². The summed E-state index contributed by atoms with van der Waals surface area (Å²) < 4.78 is 6.99. The van der Waals surface area contributed by atoms with Crippen molar-refractivity contribution in [3.8, 4) is 0 Å². The van der Waals surface area contributed by atoms with Crippen molar-refractivity contribution in [2.75, 3.05) is 6.61 Å². The van der Waals surface area contributed by atoms with Gasteiger partial charge >= 0.3 is 0 Å². The summed E-state index contributed by atoms with van der Waals surface area (Å²) in [5.74, 6) is 2.98. The molecule has 3 nitrogen and oxygen atoms in total. The van der Waals surface area contributed by atoms with Gasteiger partial charge in [-0.1, -0.05) is 40.2 Å². The first kappa shape index (κ1) is 22.5. The van der Waals surface area contributed by atoms with Crippen molar-refractivity contribution >= 4 is 19.9 Å². The zero-order valence-electron chi connectivity index (χ0n) is 19.9.